The van der Waals surface area contributed by atoms with Gasteiger partial charge in [-0.25, -0.2) is 0 Å². The van der Waals surface area contributed by atoms with Crippen LogP contribution < -0.4 is 15.2 Å². The second-order valence-corrected chi connectivity index (χ2v) is 5.39. The summed E-state index contributed by atoms with van der Waals surface area (Å²) < 4.78 is 10.7. The van der Waals surface area contributed by atoms with E-state index in [1.807, 2.05) is 6.07 Å². The Balaban J connectivity index is 2.07. The number of nitrogens with zero attached hydrogens (tertiary/aromatic N) is 1. The van der Waals surface area contributed by atoms with Crippen molar-refractivity contribution < 1.29 is 9.47 Å². The number of hydrogen-bond donors (Lipinski definition) is 1. The van der Waals surface area contributed by atoms with Gasteiger partial charge in [0.2, 0.25) is 0 Å². The van der Waals surface area contributed by atoms with Crippen molar-refractivity contribution >= 4 is 0 Å². The summed E-state index contributed by atoms with van der Waals surface area (Å²) in [4.78, 5) is 2.55. The van der Waals surface area contributed by atoms with E-state index in [1.165, 1.54) is 31.4 Å². The molecule has 0 aliphatic carbocycles. The lowest BCUT2D eigenvalue weighted by atomic mass is 9.98. The van der Waals surface area contributed by atoms with Gasteiger partial charge in [-0.3, -0.25) is 4.90 Å². The molecule has 1 fully saturated rings. The fraction of sp³-hybridized carbons (Fsp3) is 0.625. The van der Waals surface area contributed by atoms with Gasteiger partial charge in [-0.1, -0.05) is 12.5 Å². The molecule has 1 atom stereocenters. The molecule has 0 spiro atoms. The van der Waals surface area contributed by atoms with Crippen LogP contribution in [0.2, 0.25) is 0 Å². The standard InChI is InChI=1S/C16H26N2O2/c1-19-15-7-6-13(11-16(15)20-2)12-18-10-4-3-5-14(18)8-9-17/h6-7,11,14H,3-5,8-10,12,17H2,1-2H3. The molecular formula is C16H26N2O2. The molecule has 20 heavy (non-hydrogen) atoms. The minimum Gasteiger partial charge on any atom is -0.493 e. The van der Waals surface area contributed by atoms with Crippen LogP contribution in [0.1, 0.15) is 31.2 Å². The van der Waals surface area contributed by atoms with E-state index < -0.39 is 0 Å². The Hall–Kier alpha value is -1.26. The van der Waals surface area contributed by atoms with Crippen LogP contribution in [0.15, 0.2) is 18.2 Å². The van der Waals surface area contributed by atoms with Crippen molar-refractivity contribution in [3.8, 4) is 11.5 Å². The number of piperidine rings is 1. The monoisotopic (exact) mass is 278 g/mol. The van der Waals surface area contributed by atoms with E-state index in [0.717, 1.165) is 31.0 Å². The van der Waals surface area contributed by atoms with Crippen LogP contribution in [0, 0.1) is 0 Å². The van der Waals surface area contributed by atoms with Crippen LogP contribution in [0.25, 0.3) is 0 Å². The first-order chi connectivity index (χ1) is 9.78. The van der Waals surface area contributed by atoms with E-state index in [0.29, 0.717) is 6.04 Å². The highest BCUT2D eigenvalue weighted by Gasteiger charge is 2.21. The third-order valence-electron chi connectivity index (χ3n) is 4.08. The fourth-order valence-electron chi connectivity index (χ4n) is 3.00. The van der Waals surface area contributed by atoms with Gasteiger partial charge in [-0.15, -0.1) is 0 Å². The minimum atomic E-state index is 0.627. The zero-order valence-corrected chi connectivity index (χ0v) is 12.6. The van der Waals surface area contributed by atoms with Crippen LogP contribution in [0.5, 0.6) is 11.5 Å². The number of likely N-dealkylation sites (tertiary alicyclic amines) is 1. The van der Waals surface area contributed by atoms with Gasteiger partial charge in [0, 0.05) is 12.6 Å². The second kappa shape index (κ2) is 7.50. The molecule has 1 unspecified atom stereocenters. The zero-order valence-electron chi connectivity index (χ0n) is 12.6. The van der Waals surface area contributed by atoms with Crippen molar-refractivity contribution in [1.82, 2.24) is 4.90 Å². The maximum atomic E-state index is 5.74. The maximum absolute atomic E-state index is 5.74. The van der Waals surface area contributed by atoms with Crippen molar-refractivity contribution in [1.29, 1.82) is 0 Å². The Morgan fingerprint density at radius 3 is 2.70 bits per heavy atom. The summed E-state index contributed by atoms with van der Waals surface area (Å²) in [5.41, 5.74) is 7.01. The first kappa shape index (κ1) is 15.1. The summed E-state index contributed by atoms with van der Waals surface area (Å²) in [5.74, 6) is 1.59. The van der Waals surface area contributed by atoms with Crippen molar-refractivity contribution in [3.05, 3.63) is 23.8 Å². The average Bonchev–Trinajstić information content (AvgIpc) is 2.49. The van der Waals surface area contributed by atoms with Crippen LogP contribution in [-0.4, -0.2) is 38.3 Å². The molecule has 1 heterocycles. The van der Waals surface area contributed by atoms with Crippen LogP contribution in [-0.2, 0) is 6.54 Å². The van der Waals surface area contributed by atoms with E-state index in [9.17, 15) is 0 Å². The van der Waals surface area contributed by atoms with Crippen LogP contribution in [0.4, 0.5) is 0 Å². The molecule has 4 nitrogen and oxygen atoms in total. The molecule has 2 rings (SSSR count). The topological polar surface area (TPSA) is 47.7 Å². The van der Waals surface area contributed by atoms with E-state index in [4.69, 9.17) is 15.2 Å². The van der Waals surface area contributed by atoms with Crippen molar-refractivity contribution in [3.63, 3.8) is 0 Å². The van der Waals surface area contributed by atoms with Crippen molar-refractivity contribution in [2.24, 2.45) is 5.73 Å². The molecule has 0 aromatic heterocycles. The first-order valence-corrected chi connectivity index (χ1v) is 7.43. The molecule has 112 valence electrons. The van der Waals surface area contributed by atoms with E-state index in [2.05, 4.69) is 17.0 Å². The molecule has 1 aromatic carbocycles. The van der Waals surface area contributed by atoms with Gasteiger partial charge in [-0.2, -0.15) is 0 Å². The number of nitrogens with two attached hydrogens (primary N) is 1. The fourth-order valence-corrected chi connectivity index (χ4v) is 3.00. The summed E-state index contributed by atoms with van der Waals surface area (Å²) >= 11 is 0. The van der Waals surface area contributed by atoms with Gasteiger partial charge in [0.25, 0.3) is 0 Å². The normalized spacial score (nSPS) is 19.9. The van der Waals surface area contributed by atoms with Gasteiger partial charge in [0.1, 0.15) is 0 Å². The van der Waals surface area contributed by atoms with Crippen molar-refractivity contribution in [2.45, 2.75) is 38.3 Å². The van der Waals surface area contributed by atoms with Crippen molar-refractivity contribution in [2.75, 3.05) is 27.3 Å². The summed E-state index contributed by atoms with van der Waals surface area (Å²) in [7, 11) is 3.35. The Morgan fingerprint density at radius 1 is 1.20 bits per heavy atom. The van der Waals surface area contributed by atoms with Gasteiger partial charge in [0.05, 0.1) is 14.2 Å². The van der Waals surface area contributed by atoms with E-state index in [1.54, 1.807) is 14.2 Å². The highest BCUT2D eigenvalue weighted by Crippen LogP contribution is 2.29. The third-order valence-corrected chi connectivity index (χ3v) is 4.08. The maximum Gasteiger partial charge on any atom is 0.161 e. The molecule has 1 aliphatic rings. The largest absolute Gasteiger partial charge is 0.493 e. The molecule has 1 saturated heterocycles. The first-order valence-electron chi connectivity index (χ1n) is 7.43. The number of ether oxygens (including phenoxy) is 2. The molecule has 0 radical (unpaired) electrons. The minimum absolute atomic E-state index is 0.627. The van der Waals surface area contributed by atoms with Gasteiger partial charge in [-0.05, 0) is 50.0 Å². The predicted octanol–water partition coefficient (Wildman–Crippen LogP) is 2.41. The quantitative estimate of drug-likeness (QED) is 0.868. The Morgan fingerprint density at radius 2 is 2.00 bits per heavy atom. The van der Waals surface area contributed by atoms with E-state index >= 15 is 0 Å². The lowest BCUT2D eigenvalue weighted by Crippen LogP contribution is -2.40. The molecular weight excluding hydrogens is 252 g/mol. The molecule has 0 bridgehead atoms. The molecule has 1 aliphatic heterocycles. The van der Waals surface area contributed by atoms with Crippen LogP contribution in [0.3, 0.4) is 0 Å². The lowest BCUT2D eigenvalue weighted by molar-refractivity contribution is 0.134. The molecule has 1 aromatic rings. The highest BCUT2D eigenvalue weighted by molar-refractivity contribution is 5.42. The molecule has 2 N–H and O–H groups in total. The van der Waals surface area contributed by atoms with Gasteiger partial charge in [0.15, 0.2) is 11.5 Å². The summed E-state index contributed by atoms with van der Waals surface area (Å²) in [6.45, 7) is 2.90. The highest BCUT2D eigenvalue weighted by atomic mass is 16.5. The van der Waals surface area contributed by atoms with Gasteiger partial charge >= 0.3 is 0 Å². The summed E-state index contributed by atoms with van der Waals surface area (Å²) in [6.07, 6.45) is 4.97. The Labute approximate surface area is 121 Å². The Bertz CT molecular complexity index is 421. The predicted molar refractivity (Wildman–Crippen MR) is 81.3 cm³/mol. The summed E-state index contributed by atoms with van der Waals surface area (Å²) in [5, 5.41) is 0. The summed E-state index contributed by atoms with van der Waals surface area (Å²) in [6, 6.07) is 6.81. The zero-order chi connectivity index (χ0) is 14.4. The SMILES string of the molecule is COc1ccc(CN2CCCCC2CCN)cc1OC. The number of hydrogen-bond acceptors (Lipinski definition) is 4. The number of methoxy groups -OCH3 is 2. The smallest absolute Gasteiger partial charge is 0.161 e. The molecule has 0 amide bonds. The van der Waals surface area contributed by atoms with Gasteiger partial charge < -0.3 is 15.2 Å². The molecule has 4 heteroatoms. The van der Waals surface area contributed by atoms with E-state index in [-0.39, 0.29) is 0 Å². The molecule has 0 saturated carbocycles. The second-order valence-electron chi connectivity index (χ2n) is 5.39. The number of benzene rings is 1. The third kappa shape index (κ3) is 3.64. The Kier molecular flexibility index (Phi) is 5.68. The number of rotatable bonds is 6. The average molecular weight is 278 g/mol. The van der Waals surface area contributed by atoms with Crippen LogP contribution >= 0.6 is 0 Å². The lowest BCUT2D eigenvalue weighted by Gasteiger charge is -2.35.